The molecule has 0 spiro atoms. The van der Waals surface area contributed by atoms with Crippen molar-refractivity contribution in [1.29, 1.82) is 0 Å². The molecule has 2 aromatic carbocycles. The van der Waals surface area contributed by atoms with Gasteiger partial charge in [-0.05, 0) is 83.1 Å². The maximum absolute atomic E-state index is 12.9. The van der Waals surface area contributed by atoms with Gasteiger partial charge in [-0.25, -0.2) is 0 Å². The van der Waals surface area contributed by atoms with Crippen molar-refractivity contribution in [3.05, 3.63) is 53.1 Å². The third kappa shape index (κ3) is 4.23. The molecule has 0 aromatic heterocycles. The summed E-state index contributed by atoms with van der Waals surface area (Å²) >= 11 is 0. The summed E-state index contributed by atoms with van der Waals surface area (Å²) in [4.78, 5) is 28.6. The molecule has 33 heavy (non-hydrogen) atoms. The number of hydrogen-bond donors (Lipinski definition) is 2. The van der Waals surface area contributed by atoms with E-state index >= 15 is 0 Å². The molecule has 2 aliphatic heterocycles. The number of rotatable bonds is 5. The van der Waals surface area contributed by atoms with Gasteiger partial charge in [-0.15, -0.1) is 0 Å². The third-order valence-corrected chi connectivity index (χ3v) is 6.93. The summed E-state index contributed by atoms with van der Waals surface area (Å²) in [6, 6.07) is 10.7. The highest BCUT2D eigenvalue weighted by atomic mass is 16.5. The van der Waals surface area contributed by atoms with Crippen LogP contribution in [-0.4, -0.2) is 59.9 Å². The zero-order chi connectivity index (χ0) is 23.8. The zero-order valence-electron chi connectivity index (χ0n) is 19.9. The predicted molar refractivity (Wildman–Crippen MR) is 128 cm³/mol. The number of carbonyl (C=O) groups is 2. The highest BCUT2D eigenvalue weighted by Gasteiger charge is 2.47. The molecule has 1 saturated heterocycles. The number of likely N-dealkylation sites (tertiary alicyclic amines) is 1. The van der Waals surface area contributed by atoms with E-state index in [0.29, 0.717) is 47.0 Å². The minimum atomic E-state index is -1.28. The number of nitrogens with zero attached hydrogens (tertiary/aromatic N) is 2. The van der Waals surface area contributed by atoms with E-state index in [1.165, 1.54) is 6.92 Å². The molecule has 7 nitrogen and oxygen atoms in total. The lowest BCUT2D eigenvalue weighted by atomic mass is 9.70. The Hall–Kier alpha value is -2.90. The topological polar surface area (TPSA) is 82.1 Å². The quantitative estimate of drug-likeness (QED) is 0.723. The van der Waals surface area contributed by atoms with E-state index in [2.05, 4.69) is 17.3 Å². The number of carbonyl (C=O) groups excluding carboxylic acids is 2. The van der Waals surface area contributed by atoms with Crippen LogP contribution in [0.3, 0.4) is 0 Å². The second-order valence-electron chi connectivity index (χ2n) is 9.03. The standard InChI is InChI=1S/C26H33N3O4/c1-5-29(6-2)25(31)18-7-9-21-24(15-18)33-23-10-8-20(27-17(3)30)16-22(23)26(21,32)19-11-13-28(4)14-12-19/h7-10,15-16,19,32H,5-6,11-14H2,1-4H3,(H,27,30). The van der Waals surface area contributed by atoms with E-state index in [1.54, 1.807) is 29.2 Å². The lowest BCUT2D eigenvalue weighted by Crippen LogP contribution is -2.44. The Morgan fingerprint density at radius 1 is 1.09 bits per heavy atom. The molecule has 4 rings (SSSR count). The summed E-state index contributed by atoms with van der Waals surface area (Å²) in [6.45, 7) is 8.41. The Balaban J connectivity index is 1.82. The van der Waals surface area contributed by atoms with E-state index < -0.39 is 5.60 Å². The van der Waals surface area contributed by atoms with Crippen molar-refractivity contribution < 1.29 is 19.4 Å². The molecular formula is C26H33N3O4. The number of amides is 2. The first-order valence-electron chi connectivity index (χ1n) is 11.7. The van der Waals surface area contributed by atoms with Crippen LogP contribution in [-0.2, 0) is 10.4 Å². The maximum Gasteiger partial charge on any atom is 0.253 e. The number of anilines is 1. The fourth-order valence-corrected chi connectivity index (χ4v) is 5.08. The van der Waals surface area contributed by atoms with Gasteiger partial charge in [0.1, 0.15) is 17.1 Å². The predicted octanol–water partition coefficient (Wildman–Crippen LogP) is 3.81. The molecule has 1 atom stereocenters. The van der Waals surface area contributed by atoms with E-state index in [0.717, 1.165) is 25.9 Å². The first-order valence-corrected chi connectivity index (χ1v) is 11.7. The first kappa shape index (κ1) is 23.3. The molecule has 0 aliphatic carbocycles. The van der Waals surface area contributed by atoms with Crippen molar-refractivity contribution in [2.24, 2.45) is 5.92 Å². The summed E-state index contributed by atoms with van der Waals surface area (Å²) in [5.41, 5.74) is 1.20. The van der Waals surface area contributed by atoms with Crippen LogP contribution in [0.4, 0.5) is 5.69 Å². The smallest absolute Gasteiger partial charge is 0.253 e. The Morgan fingerprint density at radius 2 is 1.79 bits per heavy atom. The minimum absolute atomic E-state index is 0.0213. The Kier molecular flexibility index (Phi) is 6.45. The largest absolute Gasteiger partial charge is 0.457 e. The maximum atomic E-state index is 12.9. The number of benzene rings is 2. The summed E-state index contributed by atoms with van der Waals surface area (Å²) in [6.07, 6.45) is 1.66. The second-order valence-corrected chi connectivity index (χ2v) is 9.03. The SMILES string of the molecule is CCN(CC)C(=O)c1ccc2c(c1)Oc1ccc(NC(C)=O)cc1C2(O)C1CCN(C)CC1. The lowest BCUT2D eigenvalue weighted by Gasteiger charge is -2.44. The summed E-state index contributed by atoms with van der Waals surface area (Å²) in [5, 5.41) is 15.2. The fourth-order valence-electron chi connectivity index (χ4n) is 5.08. The van der Waals surface area contributed by atoms with Crippen LogP contribution in [0.1, 0.15) is 55.1 Å². The van der Waals surface area contributed by atoms with Gasteiger partial charge in [0, 0.05) is 42.4 Å². The summed E-state index contributed by atoms with van der Waals surface area (Å²) in [7, 11) is 2.09. The van der Waals surface area contributed by atoms with E-state index in [9.17, 15) is 14.7 Å². The van der Waals surface area contributed by atoms with Crippen LogP contribution in [0.2, 0.25) is 0 Å². The van der Waals surface area contributed by atoms with Crippen LogP contribution in [0.5, 0.6) is 11.5 Å². The number of hydrogen-bond acceptors (Lipinski definition) is 5. The fraction of sp³-hybridized carbons (Fsp3) is 0.462. The average molecular weight is 452 g/mol. The molecule has 176 valence electrons. The van der Waals surface area contributed by atoms with Gasteiger partial charge in [0.15, 0.2) is 0 Å². The van der Waals surface area contributed by atoms with Crippen molar-refractivity contribution in [1.82, 2.24) is 9.80 Å². The van der Waals surface area contributed by atoms with E-state index in [1.807, 2.05) is 26.0 Å². The Morgan fingerprint density at radius 3 is 2.42 bits per heavy atom. The highest BCUT2D eigenvalue weighted by Crippen LogP contribution is 2.53. The monoisotopic (exact) mass is 451 g/mol. The molecule has 2 aromatic rings. The van der Waals surface area contributed by atoms with Crippen molar-refractivity contribution in [3.63, 3.8) is 0 Å². The van der Waals surface area contributed by atoms with Gasteiger partial charge in [-0.2, -0.15) is 0 Å². The molecule has 2 N–H and O–H groups in total. The normalized spacial score (nSPS) is 20.4. The number of ether oxygens (including phenoxy) is 1. The Bertz CT molecular complexity index is 1060. The summed E-state index contributed by atoms with van der Waals surface area (Å²) in [5.74, 6) is 0.808. The van der Waals surface area contributed by atoms with Gasteiger partial charge in [0.25, 0.3) is 5.91 Å². The molecular weight excluding hydrogens is 418 g/mol. The first-order chi connectivity index (χ1) is 15.8. The molecule has 2 amide bonds. The number of fused-ring (bicyclic) bond motifs is 2. The lowest BCUT2D eigenvalue weighted by molar-refractivity contribution is -0.114. The third-order valence-electron chi connectivity index (χ3n) is 6.93. The molecule has 0 saturated carbocycles. The van der Waals surface area contributed by atoms with Crippen LogP contribution in [0, 0.1) is 5.92 Å². The molecule has 0 bridgehead atoms. The van der Waals surface area contributed by atoms with E-state index in [-0.39, 0.29) is 17.7 Å². The van der Waals surface area contributed by atoms with Gasteiger partial charge in [0.2, 0.25) is 5.91 Å². The van der Waals surface area contributed by atoms with Crippen molar-refractivity contribution in [2.45, 2.75) is 39.2 Å². The molecule has 1 unspecified atom stereocenters. The number of nitrogens with one attached hydrogen (secondary N) is 1. The van der Waals surface area contributed by atoms with E-state index in [4.69, 9.17) is 4.74 Å². The second kappa shape index (κ2) is 9.15. The van der Waals surface area contributed by atoms with Crippen molar-refractivity contribution in [2.75, 3.05) is 38.5 Å². The number of piperidine rings is 1. The van der Waals surface area contributed by atoms with Crippen LogP contribution in [0.15, 0.2) is 36.4 Å². The van der Waals surface area contributed by atoms with Gasteiger partial charge in [0.05, 0.1) is 0 Å². The van der Waals surface area contributed by atoms with Crippen LogP contribution < -0.4 is 10.1 Å². The molecule has 1 fully saturated rings. The van der Waals surface area contributed by atoms with Gasteiger partial charge in [-0.1, -0.05) is 6.07 Å². The van der Waals surface area contributed by atoms with Gasteiger partial charge >= 0.3 is 0 Å². The van der Waals surface area contributed by atoms with Crippen molar-refractivity contribution in [3.8, 4) is 11.5 Å². The van der Waals surface area contributed by atoms with Crippen LogP contribution in [0.25, 0.3) is 0 Å². The highest BCUT2D eigenvalue weighted by molar-refractivity contribution is 5.95. The number of aliphatic hydroxyl groups is 1. The average Bonchev–Trinajstić information content (AvgIpc) is 2.80. The zero-order valence-corrected chi connectivity index (χ0v) is 19.9. The molecule has 0 radical (unpaired) electrons. The summed E-state index contributed by atoms with van der Waals surface area (Å²) < 4.78 is 6.23. The van der Waals surface area contributed by atoms with Gasteiger partial charge in [-0.3, -0.25) is 9.59 Å². The molecule has 2 aliphatic rings. The molecule has 7 heteroatoms. The Labute approximate surface area is 195 Å². The minimum Gasteiger partial charge on any atom is -0.457 e. The molecule has 2 heterocycles. The van der Waals surface area contributed by atoms with Crippen LogP contribution >= 0.6 is 0 Å². The van der Waals surface area contributed by atoms with Crippen molar-refractivity contribution >= 4 is 17.5 Å². The van der Waals surface area contributed by atoms with Gasteiger partial charge < -0.3 is 25.0 Å².